The molecular weight excluding hydrogens is 307 g/mol. The average Bonchev–Trinajstić information content (AvgIpc) is 2.55. The van der Waals surface area contributed by atoms with E-state index < -0.39 is 17.7 Å². The number of benzene rings is 2. The Kier molecular flexibility index (Phi) is 4.74. The van der Waals surface area contributed by atoms with Gasteiger partial charge in [0.25, 0.3) is 0 Å². The molecule has 2 rings (SSSR count). The predicted octanol–water partition coefficient (Wildman–Crippen LogP) is 3.71. The summed E-state index contributed by atoms with van der Waals surface area (Å²) in [5, 5.41) is 0. The third kappa shape index (κ3) is 3.71. The fraction of sp³-hybridized carbons (Fsp3) is 0.118. The van der Waals surface area contributed by atoms with Crippen LogP contribution in [0.4, 0.5) is 13.2 Å². The Labute approximate surface area is 131 Å². The zero-order chi connectivity index (χ0) is 17.0. The number of esters is 1. The number of ether oxygens (including phenoxy) is 1. The number of carbonyl (C=O) groups is 1. The molecule has 0 radical (unpaired) electrons. The van der Waals surface area contributed by atoms with E-state index in [1.165, 1.54) is 19.2 Å². The summed E-state index contributed by atoms with van der Waals surface area (Å²) in [6.45, 7) is 0. The van der Waals surface area contributed by atoms with Gasteiger partial charge in [0, 0.05) is 0 Å². The number of alkyl halides is 3. The second-order valence-electron chi connectivity index (χ2n) is 4.72. The Balaban J connectivity index is 2.52. The Morgan fingerprint density at radius 3 is 2.00 bits per heavy atom. The fourth-order valence-electron chi connectivity index (χ4n) is 2.07. The lowest BCUT2D eigenvalue weighted by Crippen LogP contribution is -2.11. The lowest BCUT2D eigenvalue weighted by Gasteiger charge is -2.12. The van der Waals surface area contributed by atoms with Crippen molar-refractivity contribution < 1.29 is 22.7 Å². The third-order valence-corrected chi connectivity index (χ3v) is 3.24. The van der Waals surface area contributed by atoms with Gasteiger partial charge in [-0.2, -0.15) is 13.2 Å². The van der Waals surface area contributed by atoms with Gasteiger partial charge in [-0.05, 0) is 23.3 Å². The van der Waals surface area contributed by atoms with Crippen molar-refractivity contribution in [3.8, 4) is 0 Å². The standard InChI is InChI=1S/C17H14F3NO2/c1-23-16(22)14(11-5-3-2-4-6-11)15(21)12-7-9-13(10-8-12)17(18,19)20/h2-10H,21H2,1H3/b15-14+. The highest BCUT2D eigenvalue weighted by molar-refractivity contribution is 6.24. The van der Waals surface area contributed by atoms with E-state index in [0.29, 0.717) is 11.1 Å². The van der Waals surface area contributed by atoms with Crippen LogP contribution < -0.4 is 5.73 Å². The summed E-state index contributed by atoms with van der Waals surface area (Å²) in [5.41, 5.74) is 6.21. The van der Waals surface area contributed by atoms with Crippen molar-refractivity contribution in [1.29, 1.82) is 0 Å². The van der Waals surface area contributed by atoms with E-state index in [1.54, 1.807) is 30.3 Å². The molecule has 0 atom stereocenters. The summed E-state index contributed by atoms with van der Waals surface area (Å²) in [6.07, 6.45) is -4.43. The summed E-state index contributed by atoms with van der Waals surface area (Å²) in [4.78, 5) is 12.0. The first-order chi connectivity index (χ1) is 10.8. The summed E-state index contributed by atoms with van der Waals surface area (Å²) >= 11 is 0. The molecule has 0 aromatic heterocycles. The van der Waals surface area contributed by atoms with Gasteiger partial charge in [-0.1, -0.05) is 42.5 Å². The number of halogens is 3. The van der Waals surface area contributed by atoms with E-state index >= 15 is 0 Å². The first-order valence-electron chi connectivity index (χ1n) is 6.65. The monoisotopic (exact) mass is 321 g/mol. The molecular formula is C17H14F3NO2. The molecule has 0 aliphatic carbocycles. The van der Waals surface area contributed by atoms with Gasteiger partial charge in [0.15, 0.2) is 0 Å². The number of hydrogen-bond acceptors (Lipinski definition) is 3. The molecule has 120 valence electrons. The maximum atomic E-state index is 12.6. The Morgan fingerprint density at radius 2 is 1.52 bits per heavy atom. The summed E-state index contributed by atoms with van der Waals surface area (Å²) in [6, 6.07) is 12.8. The molecule has 0 aliphatic heterocycles. The van der Waals surface area contributed by atoms with Crippen molar-refractivity contribution in [1.82, 2.24) is 0 Å². The number of nitrogens with two attached hydrogens (primary N) is 1. The van der Waals surface area contributed by atoms with E-state index in [0.717, 1.165) is 12.1 Å². The van der Waals surface area contributed by atoms with E-state index in [4.69, 9.17) is 10.5 Å². The van der Waals surface area contributed by atoms with Crippen molar-refractivity contribution in [3.63, 3.8) is 0 Å². The number of rotatable bonds is 3. The van der Waals surface area contributed by atoms with Crippen LogP contribution >= 0.6 is 0 Å². The van der Waals surface area contributed by atoms with Gasteiger partial charge in [-0.25, -0.2) is 4.79 Å². The Bertz CT molecular complexity index is 720. The summed E-state index contributed by atoms with van der Waals surface area (Å²) < 4.78 is 42.6. The molecule has 6 heteroatoms. The van der Waals surface area contributed by atoms with E-state index in [2.05, 4.69) is 0 Å². The van der Waals surface area contributed by atoms with Crippen LogP contribution in [-0.2, 0) is 15.7 Å². The van der Waals surface area contributed by atoms with Crippen molar-refractivity contribution in [2.45, 2.75) is 6.18 Å². The van der Waals surface area contributed by atoms with Gasteiger partial charge >= 0.3 is 12.1 Å². The lowest BCUT2D eigenvalue weighted by molar-refractivity contribution is -0.137. The quantitative estimate of drug-likeness (QED) is 0.533. The molecule has 2 aromatic rings. The van der Waals surface area contributed by atoms with Crippen molar-refractivity contribution >= 4 is 17.2 Å². The highest BCUT2D eigenvalue weighted by Gasteiger charge is 2.30. The van der Waals surface area contributed by atoms with Crippen LogP contribution in [0.5, 0.6) is 0 Å². The van der Waals surface area contributed by atoms with Gasteiger partial charge in [0.05, 0.1) is 23.9 Å². The summed E-state index contributed by atoms with van der Waals surface area (Å²) in [5.74, 6) is -0.659. The van der Waals surface area contributed by atoms with Crippen LogP contribution in [0.25, 0.3) is 11.3 Å². The topological polar surface area (TPSA) is 52.3 Å². The lowest BCUT2D eigenvalue weighted by atomic mass is 9.99. The normalized spacial score (nSPS) is 12.5. The van der Waals surface area contributed by atoms with Crippen LogP contribution in [-0.4, -0.2) is 13.1 Å². The number of carbonyl (C=O) groups excluding carboxylic acids is 1. The van der Waals surface area contributed by atoms with Crippen molar-refractivity contribution in [2.75, 3.05) is 7.11 Å². The van der Waals surface area contributed by atoms with Crippen molar-refractivity contribution in [2.24, 2.45) is 5.73 Å². The van der Waals surface area contributed by atoms with Crippen LogP contribution in [0.2, 0.25) is 0 Å². The zero-order valence-corrected chi connectivity index (χ0v) is 12.2. The minimum absolute atomic E-state index is 0.0526. The Hall–Kier alpha value is -2.76. The molecule has 0 saturated carbocycles. The minimum atomic E-state index is -4.43. The highest BCUT2D eigenvalue weighted by Crippen LogP contribution is 2.31. The van der Waals surface area contributed by atoms with Gasteiger partial charge < -0.3 is 10.5 Å². The second kappa shape index (κ2) is 6.56. The molecule has 0 aliphatic rings. The minimum Gasteiger partial charge on any atom is -0.465 e. The smallest absolute Gasteiger partial charge is 0.416 e. The maximum absolute atomic E-state index is 12.6. The van der Waals surface area contributed by atoms with Crippen LogP contribution in [0, 0.1) is 0 Å². The third-order valence-electron chi connectivity index (χ3n) is 3.24. The maximum Gasteiger partial charge on any atom is 0.416 e. The molecule has 0 unspecified atom stereocenters. The fourth-order valence-corrected chi connectivity index (χ4v) is 2.07. The molecule has 2 aromatic carbocycles. The first kappa shape index (κ1) is 16.6. The van der Waals surface area contributed by atoms with Gasteiger partial charge in [-0.3, -0.25) is 0 Å². The molecule has 23 heavy (non-hydrogen) atoms. The largest absolute Gasteiger partial charge is 0.465 e. The van der Waals surface area contributed by atoms with E-state index in [9.17, 15) is 18.0 Å². The molecule has 2 N–H and O–H groups in total. The molecule has 0 fully saturated rings. The molecule has 0 bridgehead atoms. The summed E-state index contributed by atoms with van der Waals surface area (Å²) in [7, 11) is 1.21. The Morgan fingerprint density at radius 1 is 0.957 bits per heavy atom. The van der Waals surface area contributed by atoms with E-state index in [1.807, 2.05) is 0 Å². The van der Waals surface area contributed by atoms with Crippen LogP contribution in [0.3, 0.4) is 0 Å². The predicted molar refractivity (Wildman–Crippen MR) is 80.9 cm³/mol. The SMILES string of the molecule is COC(=O)/C(=C(/N)c1ccc(C(F)(F)F)cc1)c1ccccc1. The zero-order valence-electron chi connectivity index (χ0n) is 12.2. The first-order valence-corrected chi connectivity index (χ1v) is 6.65. The molecule has 0 saturated heterocycles. The molecule has 0 heterocycles. The van der Waals surface area contributed by atoms with Gasteiger partial charge in [-0.15, -0.1) is 0 Å². The molecule has 0 spiro atoms. The van der Waals surface area contributed by atoms with Crippen molar-refractivity contribution in [3.05, 3.63) is 71.3 Å². The van der Waals surface area contributed by atoms with Gasteiger partial charge in [0.2, 0.25) is 0 Å². The molecule has 3 nitrogen and oxygen atoms in total. The number of hydrogen-bond donors (Lipinski definition) is 1. The highest BCUT2D eigenvalue weighted by atomic mass is 19.4. The number of methoxy groups -OCH3 is 1. The second-order valence-corrected chi connectivity index (χ2v) is 4.72. The van der Waals surface area contributed by atoms with Crippen LogP contribution in [0.1, 0.15) is 16.7 Å². The van der Waals surface area contributed by atoms with Crippen LogP contribution in [0.15, 0.2) is 54.6 Å². The van der Waals surface area contributed by atoms with Gasteiger partial charge in [0.1, 0.15) is 0 Å². The van der Waals surface area contributed by atoms with E-state index in [-0.39, 0.29) is 11.3 Å². The average molecular weight is 321 g/mol. The molecule has 0 amide bonds.